The lowest BCUT2D eigenvalue weighted by atomic mass is 9.59. The van der Waals surface area contributed by atoms with Crippen molar-refractivity contribution in [2.75, 3.05) is 0 Å². The lowest BCUT2D eigenvalue weighted by Crippen LogP contribution is -2.55. The van der Waals surface area contributed by atoms with E-state index in [4.69, 9.17) is 0 Å². The van der Waals surface area contributed by atoms with E-state index in [0.717, 1.165) is 10.9 Å². The Morgan fingerprint density at radius 1 is 1.44 bits per heavy atom. The van der Waals surface area contributed by atoms with Gasteiger partial charge >= 0.3 is 0 Å². The van der Waals surface area contributed by atoms with Crippen LogP contribution < -0.4 is 0 Å². The molecule has 2 fully saturated rings. The summed E-state index contributed by atoms with van der Waals surface area (Å²) in [5.41, 5.74) is -0.426. The second-order valence-corrected chi connectivity index (χ2v) is 8.81. The summed E-state index contributed by atoms with van der Waals surface area (Å²) >= 11 is 5.36. The SMILES string of the molecule is CC12CCC(C1)C(C)(C)C2(O)Cc1sccc1Br. The van der Waals surface area contributed by atoms with Crippen molar-refractivity contribution in [3.05, 3.63) is 20.8 Å². The van der Waals surface area contributed by atoms with E-state index in [2.05, 4.69) is 48.1 Å². The first kappa shape index (κ1) is 13.1. The molecule has 2 saturated carbocycles. The number of fused-ring (bicyclic) bond motifs is 2. The molecular formula is C15H21BrOS. The molecule has 1 heterocycles. The zero-order valence-electron chi connectivity index (χ0n) is 11.3. The van der Waals surface area contributed by atoms with Gasteiger partial charge < -0.3 is 5.11 Å². The maximum atomic E-state index is 11.5. The molecule has 1 aromatic rings. The van der Waals surface area contributed by atoms with Gasteiger partial charge in [-0.15, -0.1) is 11.3 Å². The fourth-order valence-electron chi connectivity index (χ4n) is 4.47. The van der Waals surface area contributed by atoms with E-state index in [-0.39, 0.29) is 10.8 Å². The van der Waals surface area contributed by atoms with E-state index in [1.165, 1.54) is 24.1 Å². The highest BCUT2D eigenvalue weighted by molar-refractivity contribution is 9.10. The molecule has 0 spiro atoms. The third-order valence-corrected chi connectivity index (χ3v) is 7.86. The summed E-state index contributed by atoms with van der Waals surface area (Å²) in [6.07, 6.45) is 4.46. The largest absolute Gasteiger partial charge is 0.388 e. The van der Waals surface area contributed by atoms with Crippen LogP contribution in [0.15, 0.2) is 15.9 Å². The summed E-state index contributed by atoms with van der Waals surface area (Å²) in [6, 6.07) is 2.09. The van der Waals surface area contributed by atoms with Crippen LogP contribution >= 0.6 is 27.3 Å². The summed E-state index contributed by atoms with van der Waals surface area (Å²) in [6.45, 7) is 6.83. The average Bonchev–Trinajstić information content (AvgIpc) is 2.89. The molecule has 2 aliphatic carbocycles. The molecule has 0 aliphatic heterocycles. The molecule has 0 aromatic carbocycles. The number of hydrogen-bond donors (Lipinski definition) is 1. The second kappa shape index (κ2) is 3.83. The van der Waals surface area contributed by atoms with Crippen LogP contribution in [0.3, 0.4) is 0 Å². The van der Waals surface area contributed by atoms with Gasteiger partial charge in [0, 0.05) is 15.8 Å². The summed E-state index contributed by atoms with van der Waals surface area (Å²) in [5.74, 6) is 0.686. The molecule has 0 saturated heterocycles. The Hall–Kier alpha value is 0.140. The first-order chi connectivity index (χ1) is 8.30. The molecule has 1 N–H and O–H groups in total. The van der Waals surface area contributed by atoms with Crippen LogP contribution in [0.1, 0.15) is 44.9 Å². The fraction of sp³-hybridized carbons (Fsp3) is 0.733. The fourth-order valence-corrected chi connectivity index (χ4v) is 6.04. The standard InChI is InChI=1S/C15H21BrOS/c1-13(2)10-4-6-14(3,8-10)15(13,17)9-12-11(16)5-7-18-12/h5,7,10,17H,4,6,8-9H2,1-3H3. The Kier molecular flexibility index (Phi) is 2.80. The van der Waals surface area contributed by atoms with E-state index in [9.17, 15) is 5.11 Å². The maximum absolute atomic E-state index is 11.5. The molecule has 1 nitrogen and oxygen atoms in total. The molecular weight excluding hydrogens is 308 g/mol. The molecule has 1 aromatic heterocycles. The Labute approximate surface area is 122 Å². The minimum absolute atomic E-state index is 0.0312. The molecule has 3 unspecified atom stereocenters. The highest BCUT2D eigenvalue weighted by atomic mass is 79.9. The third kappa shape index (κ3) is 1.47. The molecule has 3 atom stereocenters. The van der Waals surface area contributed by atoms with Crippen LogP contribution in [0.2, 0.25) is 0 Å². The van der Waals surface area contributed by atoms with Crippen molar-refractivity contribution in [2.45, 2.75) is 52.1 Å². The lowest BCUT2D eigenvalue weighted by Gasteiger charge is -2.50. The molecule has 100 valence electrons. The van der Waals surface area contributed by atoms with Crippen molar-refractivity contribution < 1.29 is 5.11 Å². The molecule has 3 heteroatoms. The van der Waals surface area contributed by atoms with Crippen molar-refractivity contribution in [3.8, 4) is 0 Å². The summed E-state index contributed by atoms with van der Waals surface area (Å²) in [4.78, 5) is 1.29. The molecule has 2 bridgehead atoms. The van der Waals surface area contributed by atoms with Gasteiger partial charge in [0.25, 0.3) is 0 Å². The van der Waals surface area contributed by atoms with Crippen molar-refractivity contribution in [1.29, 1.82) is 0 Å². The Balaban J connectivity index is 2.01. The van der Waals surface area contributed by atoms with Gasteiger partial charge in [-0.1, -0.05) is 20.8 Å². The lowest BCUT2D eigenvalue weighted by molar-refractivity contribution is -0.141. The molecule has 0 radical (unpaired) electrons. The Morgan fingerprint density at radius 2 is 2.17 bits per heavy atom. The van der Waals surface area contributed by atoms with Crippen LogP contribution in [0.5, 0.6) is 0 Å². The summed E-state index contributed by atoms with van der Waals surface area (Å²) in [7, 11) is 0. The number of aliphatic hydroxyl groups is 1. The first-order valence-corrected chi connectivity index (χ1v) is 8.42. The second-order valence-electron chi connectivity index (χ2n) is 6.95. The quantitative estimate of drug-likeness (QED) is 0.839. The Morgan fingerprint density at radius 3 is 2.67 bits per heavy atom. The monoisotopic (exact) mass is 328 g/mol. The number of thiophene rings is 1. The maximum Gasteiger partial charge on any atom is 0.0802 e. The normalized spacial score (nSPS) is 41.5. The zero-order valence-corrected chi connectivity index (χ0v) is 13.7. The first-order valence-electron chi connectivity index (χ1n) is 6.74. The molecule has 18 heavy (non-hydrogen) atoms. The van der Waals surface area contributed by atoms with Crippen molar-refractivity contribution in [3.63, 3.8) is 0 Å². The number of rotatable bonds is 2. The minimum atomic E-state index is -0.559. The number of hydrogen-bond acceptors (Lipinski definition) is 2. The van der Waals surface area contributed by atoms with Crippen LogP contribution in [-0.4, -0.2) is 10.7 Å². The van der Waals surface area contributed by atoms with Crippen molar-refractivity contribution >= 4 is 27.3 Å². The third-order valence-electron chi connectivity index (χ3n) is 5.93. The molecule has 3 rings (SSSR count). The van der Waals surface area contributed by atoms with E-state index in [1.54, 1.807) is 11.3 Å². The topological polar surface area (TPSA) is 20.2 Å². The summed E-state index contributed by atoms with van der Waals surface area (Å²) < 4.78 is 1.16. The number of halogens is 1. The van der Waals surface area contributed by atoms with Gasteiger partial charge in [-0.05, 0) is 63.4 Å². The van der Waals surface area contributed by atoms with E-state index in [0.29, 0.717) is 5.92 Å². The van der Waals surface area contributed by atoms with Crippen LogP contribution in [0.25, 0.3) is 0 Å². The predicted molar refractivity (Wildman–Crippen MR) is 79.9 cm³/mol. The van der Waals surface area contributed by atoms with Gasteiger partial charge in [0.05, 0.1) is 5.60 Å². The van der Waals surface area contributed by atoms with Crippen molar-refractivity contribution in [2.24, 2.45) is 16.7 Å². The summed E-state index contributed by atoms with van der Waals surface area (Å²) in [5, 5.41) is 13.6. The smallest absolute Gasteiger partial charge is 0.0802 e. The molecule has 2 aliphatic rings. The minimum Gasteiger partial charge on any atom is -0.388 e. The van der Waals surface area contributed by atoms with E-state index < -0.39 is 5.60 Å². The zero-order chi connectivity index (χ0) is 13.2. The van der Waals surface area contributed by atoms with Crippen LogP contribution in [0.4, 0.5) is 0 Å². The Bertz CT molecular complexity index is 474. The highest BCUT2D eigenvalue weighted by Gasteiger charge is 2.68. The van der Waals surface area contributed by atoms with Gasteiger partial charge in [0.1, 0.15) is 0 Å². The van der Waals surface area contributed by atoms with Gasteiger partial charge in [0.2, 0.25) is 0 Å². The van der Waals surface area contributed by atoms with Crippen molar-refractivity contribution in [1.82, 2.24) is 0 Å². The van der Waals surface area contributed by atoms with Gasteiger partial charge in [0.15, 0.2) is 0 Å². The predicted octanol–water partition coefficient (Wildman–Crippen LogP) is 4.63. The van der Waals surface area contributed by atoms with E-state index in [1.807, 2.05) is 0 Å². The van der Waals surface area contributed by atoms with Gasteiger partial charge in [-0.25, -0.2) is 0 Å². The van der Waals surface area contributed by atoms with Gasteiger partial charge in [-0.2, -0.15) is 0 Å². The van der Waals surface area contributed by atoms with Crippen LogP contribution in [0, 0.1) is 16.7 Å². The van der Waals surface area contributed by atoms with E-state index >= 15 is 0 Å². The molecule has 0 amide bonds. The van der Waals surface area contributed by atoms with Crippen LogP contribution in [-0.2, 0) is 6.42 Å². The highest BCUT2D eigenvalue weighted by Crippen LogP contribution is 2.68. The van der Waals surface area contributed by atoms with Gasteiger partial charge in [-0.3, -0.25) is 0 Å². The average molecular weight is 329 g/mol.